The molecule has 2 fully saturated rings. The van der Waals surface area contributed by atoms with Crippen LogP contribution in [0, 0.1) is 0 Å². The summed E-state index contributed by atoms with van der Waals surface area (Å²) in [5, 5.41) is 5.74. The van der Waals surface area contributed by atoms with Gasteiger partial charge in [0.05, 0.1) is 11.5 Å². The lowest BCUT2D eigenvalue weighted by Crippen LogP contribution is -2.46. The van der Waals surface area contributed by atoms with E-state index in [9.17, 15) is 13.2 Å². The first-order valence-electron chi connectivity index (χ1n) is 6.83. The second-order valence-corrected chi connectivity index (χ2v) is 7.63. The number of hydrogen-bond acceptors (Lipinski definition) is 3. The maximum Gasteiger partial charge on any atom is 0.315 e. The van der Waals surface area contributed by atoms with Crippen molar-refractivity contribution >= 4 is 15.9 Å². The molecule has 1 atom stereocenters. The largest absolute Gasteiger partial charge is 0.335 e. The van der Waals surface area contributed by atoms with E-state index in [0.717, 1.165) is 12.8 Å². The summed E-state index contributed by atoms with van der Waals surface area (Å²) in [4.78, 5) is 11.8. The first-order valence-corrected chi connectivity index (χ1v) is 8.65. The molecule has 0 bridgehead atoms. The van der Waals surface area contributed by atoms with Gasteiger partial charge in [0.15, 0.2) is 9.84 Å². The molecule has 0 unspecified atom stereocenters. The summed E-state index contributed by atoms with van der Waals surface area (Å²) in [6.45, 7) is 0. The molecule has 1 saturated carbocycles. The van der Waals surface area contributed by atoms with Gasteiger partial charge in [0, 0.05) is 12.1 Å². The van der Waals surface area contributed by atoms with Crippen LogP contribution in [0.1, 0.15) is 44.9 Å². The maximum atomic E-state index is 11.8. The molecule has 5 nitrogen and oxygen atoms in total. The van der Waals surface area contributed by atoms with Crippen molar-refractivity contribution in [3.8, 4) is 0 Å². The molecule has 1 aliphatic carbocycles. The monoisotopic (exact) mass is 274 g/mol. The minimum atomic E-state index is -2.92. The van der Waals surface area contributed by atoms with Gasteiger partial charge >= 0.3 is 6.03 Å². The molecule has 0 aromatic heterocycles. The predicted octanol–water partition coefficient (Wildman–Crippen LogP) is 1.20. The van der Waals surface area contributed by atoms with Gasteiger partial charge in [-0.3, -0.25) is 0 Å². The zero-order valence-electron chi connectivity index (χ0n) is 10.7. The van der Waals surface area contributed by atoms with Gasteiger partial charge in [0.25, 0.3) is 0 Å². The highest BCUT2D eigenvalue weighted by molar-refractivity contribution is 7.91. The second-order valence-electron chi connectivity index (χ2n) is 5.41. The molecule has 1 saturated heterocycles. The fraction of sp³-hybridized carbons (Fsp3) is 0.917. The van der Waals surface area contributed by atoms with Gasteiger partial charge in [0.1, 0.15) is 0 Å². The summed E-state index contributed by atoms with van der Waals surface area (Å²) in [5.41, 5.74) is 0. The summed E-state index contributed by atoms with van der Waals surface area (Å²) in [6.07, 6.45) is 7.46. The van der Waals surface area contributed by atoms with E-state index in [1.54, 1.807) is 0 Å². The summed E-state index contributed by atoms with van der Waals surface area (Å²) in [6, 6.07) is -0.157. The highest BCUT2D eigenvalue weighted by atomic mass is 32.2. The number of nitrogens with one attached hydrogen (secondary N) is 2. The zero-order valence-corrected chi connectivity index (χ0v) is 11.5. The summed E-state index contributed by atoms with van der Waals surface area (Å²) < 4.78 is 22.6. The molecule has 0 aromatic rings. The van der Waals surface area contributed by atoms with Crippen molar-refractivity contribution in [2.75, 3.05) is 11.5 Å². The minimum absolute atomic E-state index is 0.0884. The Kier molecular flexibility index (Phi) is 4.48. The lowest BCUT2D eigenvalue weighted by atomic mass is 10.1. The van der Waals surface area contributed by atoms with Crippen molar-refractivity contribution in [3.05, 3.63) is 0 Å². The van der Waals surface area contributed by atoms with E-state index in [0.29, 0.717) is 6.42 Å². The SMILES string of the molecule is O=C(NC1CCCCCC1)N[C@@H]1CCS(=O)(=O)C1. The van der Waals surface area contributed by atoms with Gasteiger partial charge in [-0.1, -0.05) is 25.7 Å². The fourth-order valence-corrected chi connectivity index (χ4v) is 4.42. The molecular weight excluding hydrogens is 252 g/mol. The molecule has 2 N–H and O–H groups in total. The van der Waals surface area contributed by atoms with Crippen LogP contribution in [0.4, 0.5) is 4.79 Å². The number of rotatable bonds is 2. The Morgan fingerprint density at radius 2 is 1.50 bits per heavy atom. The molecule has 104 valence electrons. The predicted molar refractivity (Wildman–Crippen MR) is 70.2 cm³/mol. The standard InChI is InChI=1S/C12H22N2O3S/c15-12(13-10-5-3-1-2-4-6-10)14-11-7-8-18(16,17)9-11/h10-11H,1-9H2,(H2,13,14,15)/t11-/m1/s1. The number of carbonyl (C=O) groups excluding carboxylic acids is 1. The molecule has 18 heavy (non-hydrogen) atoms. The van der Waals surface area contributed by atoms with Gasteiger partial charge < -0.3 is 10.6 Å². The van der Waals surface area contributed by atoms with E-state index in [1.807, 2.05) is 0 Å². The number of hydrogen-bond donors (Lipinski definition) is 2. The quantitative estimate of drug-likeness (QED) is 0.743. The lowest BCUT2D eigenvalue weighted by molar-refractivity contribution is 0.232. The van der Waals surface area contributed by atoms with E-state index in [1.165, 1.54) is 25.7 Å². The topological polar surface area (TPSA) is 75.3 Å². The summed E-state index contributed by atoms with van der Waals surface area (Å²) >= 11 is 0. The molecule has 2 aliphatic rings. The van der Waals surface area contributed by atoms with E-state index in [2.05, 4.69) is 10.6 Å². The molecule has 0 spiro atoms. The van der Waals surface area contributed by atoms with Gasteiger partial charge in [-0.05, 0) is 19.3 Å². The number of carbonyl (C=O) groups is 1. The Morgan fingerprint density at radius 3 is 2.06 bits per heavy atom. The Labute approximate surface area is 109 Å². The van der Waals surface area contributed by atoms with Crippen molar-refractivity contribution in [3.63, 3.8) is 0 Å². The molecule has 1 heterocycles. The smallest absolute Gasteiger partial charge is 0.315 e. The third-order valence-electron chi connectivity index (χ3n) is 3.76. The third-order valence-corrected chi connectivity index (χ3v) is 5.53. The number of sulfone groups is 1. The van der Waals surface area contributed by atoms with Crippen LogP contribution in [-0.4, -0.2) is 38.0 Å². The summed E-state index contributed by atoms with van der Waals surface area (Å²) in [5.74, 6) is 0.284. The van der Waals surface area contributed by atoms with Crippen LogP contribution in [-0.2, 0) is 9.84 Å². The molecule has 2 rings (SSSR count). The maximum absolute atomic E-state index is 11.8. The van der Waals surface area contributed by atoms with E-state index in [4.69, 9.17) is 0 Å². The molecule has 2 amide bonds. The van der Waals surface area contributed by atoms with Gasteiger partial charge in [0.2, 0.25) is 0 Å². The highest BCUT2D eigenvalue weighted by Crippen LogP contribution is 2.17. The minimum Gasteiger partial charge on any atom is -0.335 e. The van der Waals surface area contributed by atoms with Crippen LogP contribution in [0.25, 0.3) is 0 Å². The van der Waals surface area contributed by atoms with Crippen molar-refractivity contribution in [2.24, 2.45) is 0 Å². The Morgan fingerprint density at radius 1 is 0.889 bits per heavy atom. The zero-order chi connectivity index (χ0) is 13.0. The van der Waals surface area contributed by atoms with Crippen LogP contribution in [0.2, 0.25) is 0 Å². The van der Waals surface area contributed by atoms with Gasteiger partial charge in [-0.15, -0.1) is 0 Å². The van der Waals surface area contributed by atoms with Crippen LogP contribution in [0.3, 0.4) is 0 Å². The van der Waals surface area contributed by atoms with Gasteiger partial charge in [-0.25, -0.2) is 13.2 Å². The van der Waals surface area contributed by atoms with Crippen molar-refractivity contribution in [1.29, 1.82) is 0 Å². The summed E-state index contributed by atoms with van der Waals surface area (Å²) in [7, 11) is -2.92. The van der Waals surface area contributed by atoms with Crippen LogP contribution in [0.5, 0.6) is 0 Å². The molecule has 0 aromatic carbocycles. The normalized spacial score (nSPS) is 28.6. The van der Waals surface area contributed by atoms with Crippen molar-refractivity contribution in [2.45, 2.75) is 57.0 Å². The average Bonchev–Trinajstić information content (AvgIpc) is 2.52. The first kappa shape index (κ1) is 13.6. The Balaban J connectivity index is 1.75. The second kappa shape index (κ2) is 5.91. The number of amides is 2. The molecule has 6 heteroatoms. The van der Waals surface area contributed by atoms with Crippen LogP contribution < -0.4 is 10.6 Å². The molecule has 1 aliphatic heterocycles. The van der Waals surface area contributed by atoms with E-state index < -0.39 is 9.84 Å². The van der Waals surface area contributed by atoms with E-state index in [-0.39, 0.29) is 29.6 Å². The average molecular weight is 274 g/mol. The Bertz CT molecular complexity index is 386. The molecular formula is C12H22N2O3S. The Hall–Kier alpha value is -0.780. The number of urea groups is 1. The first-order chi connectivity index (χ1) is 8.55. The van der Waals surface area contributed by atoms with Gasteiger partial charge in [-0.2, -0.15) is 0 Å². The molecule has 0 radical (unpaired) electrons. The van der Waals surface area contributed by atoms with E-state index >= 15 is 0 Å². The third kappa shape index (κ3) is 4.15. The highest BCUT2D eigenvalue weighted by Gasteiger charge is 2.29. The van der Waals surface area contributed by atoms with Crippen molar-refractivity contribution in [1.82, 2.24) is 10.6 Å². The van der Waals surface area contributed by atoms with Crippen LogP contribution >= 0.6 is 0 Å². The van der Waals surface area contributed by atoms with Crippen LogP contribution in [0.15, 0.2) is 0 Å². The fourth-order valence-electron chi connectivity index (χ4n) is 2.75. The lowest BCUT2D eigenvalue weighted by Gasteiger charge is -2.18. The van der Waals surface area contributed by atoms with Crippen molar-refractivity contribution < 1.29 is 13.2 Å².